The molecule has 5 rings (SSSR count). The first-order chi connectivity index (χ1) is 17.3. The Balaban J connectivity index is 1.53. The molecule has 2 aromatic carbocycles. The number of amides is 1. The van der Waals surface area contributed by atoms with E-state index in [1.807, 2.05) is 6.07 Å². The molecule has 1 aliphatic rings. The van der Waals surface area contributed by atoms with E-state index in [0.29, 0.717) is 23.1 Å². The van der Waals surface area contributed by atoms with Crippen molar-refractivity contribution in [3.63, 3.8) is 0 Å². The van der Waals surface area contributed by atoms with Gasteiger partial charge in [-0.15, -0.1) is 11.6 Å². The molecule has 0 fully saturated rings. The Morgan fingerprint density at radius 1 is 1.00 bits per heavy atom. The SMILES string of the molecule is O=C(Nc1oc(-c2ccccc2)nc1-c1ccccc1)c1oc(C2=CCC(Cl)C=C2)cc1C(F)(F)F. The molecule has 0 spiro atoms. The third-order valence-corrected chi connectivity index (χ3v) is 5.82. The van der Waals surface area contributed by atoms with Gasteiger partial charge in [-0.1, -0.05) is 66.8 Å². The first-order valence-corrected chi connectivity index (χ1v) is 11.4. The number of carbonyl (C=O) groups excluding carboxylic acids is 1. The third-order valence-electron chi connectivity index (χ3n) is 5.50. The van der Waals surface area contributed by atoms with Gasteiger partial charge < -0.3 is 8.83 Å². The number of alkyl halides is 4. The number of oxazole rings is 1. The van der Waals surface area contributed by atoms with Crippen molar-refractivity contribution in [2.75, 3.05) is 5.32 Å². The molecule has 1 unspecified atom stereocenters. The summed E-state index contributed by atoms with van der Waals surface area (Å²) >= 11 is 6.01. The van der Waals surface area contributed by atoms with Gasteiger partial charge in [-0.05, 0) is 24.6 Å². The summed E-state index contributed by atoms with van der Waals surface area (Å²) in [6, 6.07) is 18.6. The van der Waals surface area contributed by atoms with Crippen molar-refractivity contribution in [2.24, 2.45) is 0 Å². The van der Waals surface area contributed by atoms with Crippen molar-refractivity contribution in [3.8, 4) is 22.7 Å². The van der Waals surface area contributed by atoms with Crippen molar-refractivity contribution in [1.82, 2.24) is 4.98 Å². The molecule has 1 aliphatic carbocycles. The van der Waals surface area contributed by atoms with Gasteiger partial charge in [0.15, 0.2) is 0 Å². The zero-order valence-corrected chi connectivity index (χ0v) is 19.3. The fraction of sp³-hybridized carbons (Fsp3) is 0.111. The van der Waals surface area contributed by atoms with E-state index in [4.69, 9.17) is 20.4 Å². The Morgan fingerprint density at radius 3 is 2.28 bits per heavy atom. The number of rotatable bonds is 5. The fourth-order valence-corrected chi connectivity index (χ4v) is 3.91. The van der Waals surface area contributed by atoms with Crippen molar-refractivity contribution in [1.29, 1.82) is 0 Å². The highest BCUT2D eigenvalue weighted by Gasteiger charge is 2.40. The Morgan fingerprint density at radius 2 is 1.67 bits per heavy atom. The number of allylic oxidation sites excluding steroid dienone is 4. The summed E-state index contributed by atoms with van der Waals surface area (Å²) in [5, 5.41) is 2.18. The molecule has 182 valence electrons. The molecule has 0 saturated carbocycles. The number of carbonyl (C=O) groups is 1. The zero-order chi connectivity index (χ0) is 25.3. The van der Waals surface area contributed by atoms with E-state index in [9.17, 15) is 18.0 Å². The molecule has 9 heteroatoms. The van der Waals surface area contributed by atoms with Crippen LogP contribution in [0.1, 0.15) is 28.3 Å². The lowest BCUT2D eigenvalue weighted by molar-refractivity contribution is -0.138. The van der Waals surface area contributed by atoms with Crippen molar-refractivity contribution in [2.45, 2.75) is 18.0 Å². The minimum absolute atomic E-state index is 0.0851. The number of nitrogens with one attached hydrogen (secondary N) is 1. The lowest BCUT2D eigenvalue weighted by Gasteiger charge is -2.08. The monoisotopic (exact) mass is 510 g/mol. The van der Waals surface area contributed by atoms with Gasteiger partial charge >= 0.3 is 6.18 Å². The highest BCUT2D eigenvalue weighted by atomic mass is 35.5. The quantitative estimate of drug-likeness (QED) is 0.278. The number of benzene rings is 2. The summed E-state index contributed by atoms with van der Waals surface area (Å²) in [6.07, 6.45) is 0.490. The highest BCUT2D eigenvalue weighted by molar-refractivity contribution is 6.22. The van der Waals surface area contributed by atoms with E-state index in [-0.39, 0.29) is 28.6 Å². The molecule has 0 saturated heterocycles. The Kier molecular flexibility index (Phi) is 6.28. The van der Waals surface area contributed by atoms with Crippen LogP contribution in [0.4, 0.5) is 19.1 Å². The van der Waals surface area contributed by atoms with Gasteiger partial charge in [0.2, 0.25) is 17.5 Å². The number of hydrogen-bond donors (Lipinski definition) is 1. The number of halogens is 4. The molecule has 0 bridgehead atoms. The molecule has 5 nitrogen and oxygen atoms in total. The zero-order valence-electron chi connectivity index (χ0n) is 18.6. The molecular weight excluding hydrogens is 493 g/mol. The maximum atomic E-state index is 13.8. The summed E-state index contributed by atoms with van der Waals surface area (Å²) in [6.45, 7) is 0. The van der Waals surface area contributed by atoms with E-state index in [1.54, 1.807) is 72.8 Å². The summed E-state index contributed by atoms with van der Waals surface area (Å²) in [5.41, 5.74) is 0.742. The second kappa shape index (κ2) is 9.54. The molecule has 0 radical (unpaired) electrons. The number of anilines is 1. The lowest BCUT2D eigenvalue weighted by Crippen LogP contribution is -2.17. The van der Waals surface area contributed by atoms with Crippen LogP contribution in [-0.2, 0) is 6.18 Å². The Bertz CT molecular complexity index is 1450. The topological polar surface area (TPSA) is 68.3 Å². The summed E-state index contributed by atoms with van der Waals surface area (Å²) in [5.74, 6) is -1.97. The molecular formula is C27H18ClF3N2O3. The average molecular weight is 511 g/mol. The maximum Gasteiger partial charge on any atom is 0.420 e. The number of nitrogens with zero attached hydrogens (tertiary/aromatic N) is 1. The maximum absolute atomic E-state index is 13.8. The molecule has 1 atom stereocenters. The highest BCUT2D eigenvalue weighted by Crippen LogP contribution is 2.38. The number of aromatic nitrogens is 1. The predicted octanol–water partition coefficient (Wildman–Crippen LogP) is 7.82. The lowest BCUT2D eigenvalue weighted by atomic mass is 10.0. The second-order valence-electron chi connectivity index (χ2n) is 8.00. The summed E-state index contributed by atoms with van der Waals surface area (Å²) in [4.78, 5) is 17.6. The molecule has 2 aromatic heterocycles. The van der Waals surface area contributed by atoms with Crippen molar-refractivity contribution < 1.29 is 26.8 Å². The van der Waals surface area contributed by atoms with Crippen LogP contribution in [0.25, 0.3) is 28.3 Å². The normalized spacial score (nSPS) is 15.6. The molecule has 1 N–H and O–H groups in total. The van der Waals surface area contributed by atoms with E-state index >= 15 is 0 Å². The van der Waals surface area contributed by atoms with E-state index < -0.39 is 23.4 Å². The van der Waals surface area contributed by atoms with Crippen LogP contribution in [0.15, 0.2) is 93.8 Å². The van der Waals surface area contributed by atoms with Crippen LogP contribution in [-0.4, -0.2) is 16.3 Å². The third kappa shape index (κ3) is 4.85. The molecule has 1 amide bonds. The minimum Gasteiger partial charge on any atom is -0.450 e. The van der Waals surface area contributed by atoms with E-state index in [0.717, 1.165) is 6.07 Å². The first kappa shape index (κ1) is 23.7. The molecule has 0 aliphatic heterocycles. The standard InChI is InChI=1S/C27H18ClF3N2O3/c28-19-13-11-16(12-14-19)21-15-20(27(29,30)31)23(35-21)24(34)33-26-22(17-7-3-1-4-8-17)32-25(36-26)18-9-5-2-6-10-18/h1-13,15,19H,14H2,(H,33,34). The van der Waals surface area contributed by atoms with Crippen LogP contribution >= 0.6 is 11.6 Å². The summed E-state index contributed by atoms with van der Waals surface area (Å²) < 4.78 is 52.7. The minimum atomic E-state index is -4.82. The van der Waals surface area contributed by atoms with Gasteiger partial charge in [0.25, 0.3) is 5.91 Å². The van der Waals surface area contributed by atoms with E-state index in [1.165, 1.54) is 0 Å². The average Bonchev–Trinajstić information content (AvgIpc) is 3.51. The number of furan rings is 1. The molecule has 36 heavy (non-hydrogen) atoms. The van der Waals surface area contributed by atoms with Crippen LogP contribution in [0, 0.1) is 0 Å². The second-order valence-corrected chi connectivity index (χ2v) is 8.56. The Labute approximate surface area is 208 Å². The first-order valence-electron chi connectivity index (χ1n) is 11.0. The van der Waals surface area contributed by atoms with Crippen LogP contribution in [0.3, 0.4) is 0 Å². The van der Waals surface area contributed by atoms with Gasteiger partial charge in [-0.3, -0.25) is 10.1 Å². The van der Waals surface area contributed by atoms with Crippen LogP contribution in [0.2, 0.25) is 0 Å². The summed E-state index contributed by atoms with van der Waals surface area (Å²) in [7, 11) is 0. The van der Waals surface area contributed by atoms with E-state index in [2.05, 4.69) is 10.3 Å². The van der Waals surface area contributed by atoms with Gasteiger partial charge in [0, 0.05) is 16.7 Å². The predicted molar refractivity (Wildman–Crippen MR) is 130 cm³/mol. The van der Waals surface area contributed by atoms with Crippen molar-refractivity contribution in [3.05, 3.63) is 102 Å². The van der Waals surface area contributed by atoms with Crippen molar-refractivity contribution >= 4 is 29.0 Å². The smallest absolute Gasteiger partial charge is 0.420 e. The van der Waals surface area contributed by atoms with Gasteiger partial charge in [-0.25, -0.2) is 4.98 Å². The fourth-order valence-electron chi connectivity index (χ4n) is 3.75. The molecule has 2 heterocycles. The van der Waals surface area contributed by atoms with Gasteiger partial charge in [0.1, 0.15) is 17.0 Å². The van der Waals surface area contributed by atoms with Crippen LogP contribution < -0.4 is 5.32 Å². The van der Waals surface area contributed by atoms with Gasteiger partial charge in [0.05, 0.1) is 5.38 Å². The largest absolute Gasteiger partial charge is 0.450 e. The van der Waals surface area contributed by atoms with Crippen LogP contribution in [0.5, 0.6) is 0 Å². The number of hydrogen-bond acceptors (Lipinski definition) is 4. The van der Waals surface area contributed by atoms with Gasteiger partial charge in [-0.2, -0.15) is 13.2 Å². The Hall–Kier alpha value is -4.04. The molecule has 4 aromatic rings.